The van der Waals surface area contributed by atoms with Crippen molar-refractivity contribution in [2.24, 2.45) is 0 Å². The van der Waals surface area contributed by atoms with E-state index in [-0.39, 0.29) is 19.5 Å². The molecule has 0 saturated carbocycles. The highest BCUT2D eigenvalue weighted by atomic mass is 32.2. The zero-order valence-corrected chi connectivity index (χ0v) is 10.1. The maximum Gasteiger partial charge on any atom is 0.265 e. The first-order chi connectivity index (χ1) is 7.58. The van der Waals surface area contributed by atoms with Gasteiger partial charge < -0.3 is 9.47 Å². The molecule has 1 unspecified atom stereocenters. The highest BCUT2D eigenvalue weighted by molar-refractivity contribution is 7.85. The summed E-state index contributed by atoms with van der Waals surface area (Å²) in [6.07, 6.45) is 3.89. The second-order valence-corrected chi connectivity index (χ2v) is 5.07. The predicted octanol–water partition coefficient (Wildman–Crippen LogP) is 0.509. The summed E-state index contributed by atoms with van der Waals surface area (Å²) in [6.45, 7) is 0.834. The molecule has 1 atom stereocenters. The van der Waals surface area contributed by atoms with Gasteiger partial charge >= 0.3 is 0 Å². The summed E-state index contributed by atoms with van der Waals surface area (Å²) in [5.74, 6) is 5.21. The topological polar surface area (TPSA) is 61.8 Å². The van der Waals surface area contributed by atoms with Crippen LogP contribution in [0.25, 0.3) is 0 Å². The van der Waals surface area contributed by atoms with Gasteiger partial charge in [-0.2, -0.15) is 8.42 Å². The zero-order chi connectivity index (χ0) is 11.9. The first-order valence-corrected chi connectivity index (χ1v) is 6.93. The monoisotopic (exact) mass is 248 g/mol. The van der Waals surface area contributed by atoms with Gasteiger partial charge in [0.25, 0.3) is 10.1 Å². The normalized spacial score (nSPS) is 21.2. The Morgan fingerprint density at radius 2 is 2.06 bits per heavy atom. The summed E-state index contributed by atoms with van der Waals surface area (Å²) in [5.41, 5.74) is 0. The smallest absolute Gasteiger partial charge is 0.265 e. The van der Waals surface area contributed by atoms with Crippen LogP contribution in [0.4, 0.5) is 0 Å². The lowest BCUT2D eigenvalue weighted by atomic mass is 10.2. The molecule has 1 aliphatic rings. The molecule has 0 aromatic heterocycles. The molecule has 0 spiro atoms. The summed E-state index contributed by atoms with van der Waals surface area (Å²) >= 11 is 0. The number of ether oxygens (including phenoxy) is 2. The number of hydrogen-bond donors (Lipinski definition) is 0. The lowest BCUT2D eigenvalue weighted by Gasteiger charge is -2.21. The van der Waals surface area contributed by atoms with Crippen molar-refractivity contribution in [2.45, 2.75) is 25.6 Å². The second kappa shape index (κ2) is 6.86. The quantitative estimate of drug-likeness (QED) is 0.536. The van der Waals surface area contributed by atoms with Crippen molar-refractivity contribution in [1.82, 2.24) is 0 Å². The van der Waals surface area contributed by atoms with E-state index in [1.807, 2.05) is 0 Å². The van der Waals surface area contributed by atoms with Gasteiger partial charge in [0.05, 0.1) is 6.26 Å². The molecular weight excluding hydrogens is 232 g/mol. The maximum atomic E-state index is 10.6. The third-order valence-corrected chi connectivity index (χ3v) is 2.50. The minimum atomic E-state index is -3.40. The van der Waals surface area contributed by atoms with Crippen LogP contribution in [0.5, 0.6) is 0 Å². The fraction of sp³-hybridized carbons (Fsp3) is 0.800. The molecule has 0 amide bonds. The Bertz CT molecular complexity index is 345. The molecule has 0 aromatic rings. The van der Waals surface area contributed by atoms with Gasteiger partial charge in [0.1, 0.15) is 13.2 Å². The van der Waals surface area contributed by atoms with Gasteiger partial charge in [-0.15, -0.1) is 0 Å². The summed E-state index contributed by atoms with van der Waals surface area (Å²) in [4.78, 5) is 0. The first kappa shape index (κ1) is 13.5. The Kier molecular flexibility index (Phi) is 5.77. The SMILES string of the molecule is CS(=O)(=O)OCC#CCOC1CCCCO1. The molecule has 0 bridgehead atoms. The van der Waals surface area contributed by atoms with Gasteiger partial charge in [0.2, 0.25) is 0 Å². The standard InChI is InChI=1S/C10H16O5S/c1-16(11,12)15-9-5-4-8-14-10-6-2-3-7-13-10/h10H,2-3,6-9H2,1H3. The van der Waals surface area contributed by atoms with Crippen LogP contribution >= 0.6 is 0 Å². The number of hydrogen-bond acceptors (Lipinski definition) is 5. The Morgan fingerprint density at radius 3 is 2.69 bits per heavy atom. The Hall–Kier alpha value is -0.610. The average molecular weight is 248 g/mol. The van der Waals surface area contributed by atoms with Crippen molar-refractivity contribution in [1.29, 1.82) is 0 Å². The molecular formula is C10H16O5S. The first-order valence-electron chi connectivity index (χ1n) is 5.11. The van der Waals surface area contributed by atoms with Crippen LogP contribution in [0.15, 0.2) is 0 Å². The van der Waals surface area contributed by atoms with Gasteiger partial charge in [0.15, 0.2) is 6.29 Å². The predicted molar refractivity (Wildman–Crippen MR) is 58.1 cm³/mol. The van der Waals surface area contributed by atoms with Gasteiger partial charge in [-0.1, -0.05) is 11.8 Å². The van der Waals surface area contributed by atoms with Crippen LogP contribution in [0.1, 0.15) is 19.3 Å². The van der Waals surface area contributed by atoms with Gasteiger partial charge in [-0.25, -0.2) is 0 Å². The molecule has 1 rings (SSSR count). The third kappa shape index (κ3) is 6.80. The molecule has 0 aromatic carbocycles. The van der Waals surface area contributed by atoms with Crippen molar-refractivity contribution in [3.63, 3.8) is 0 Å². The van der Waals surface area contributed by atoms with Crippen LogP contribution in [-0.4, -0.2) is 40.8 Å². The largest absolute Gasteiger partial charge is 0.353 e. The molecule has 5 nitrogen and oxygen atoms in total. The van der Waals surface area contributed by atoms with E-state index in [9.17, 15) is 8.42 Å². The van der Waals surface area contributed by atoms with E-state index < -0.39 is 10.1 Å². The fourth-order valence-corrected chi connectivity index (χ4v) is 1.49. The van der Waals surface area contributed by atoms with E-state index in [2.05, 4.69) is 16.0 Å². The summed E-state index contributed by atoms with van der Waals surface area (Å²) in [7, 11) is -3.40. The lowest BCUT2D eigenvalue weighted by Crippen LogP contribution is -2.22. The van der Waals surface area contributed by atoms with Crippen LogP contribution < -0.4 is 0 Å². The van der Waals surface area contributed by atoms with Crippen LogP contribution in [0.3, 0.4) is 0 Å². The van der Waals surface area contributed by atoms with Crippen LogP contribution in [0, 0.1) is 11.8 Å². The molecule has 6 heteroatoms. The Labute approximate surface area is 96.2 Å². The Morgan fingerprint density at radius 1 is 1.31 bits per heavy atom. The van der Waals surface area contributed by atoms with Crippen molar-refractivity contribution in [3.05, 3.63) is 0 Å². The van der Waals surface area contributed by atoms with E-state index in [1.165, 1.54) is 0 Å². The minimum Gasteiger partial charge on any atom is -0.353 e. The van der Waals surface area contributed by atoms with E-state index in [0.29, 0.717) is 0 Å². The number of rotatable bonds is 4. The van der Waals surface area contributed by atoms with Crippen molar-refractivity contribution in [3.8, 4) is 11.8 Å². The summed E-state index contributed by atoms with van der Waals surface area (Å²) in [6, 6.07) is 0. The molecule has 1 aliphatic heterocycles. The van der Waals surface area contributed by atoms with E-state index >= 15 is 0 Å². The molecule has 1 saturated heterocycles. The maximum absolute atomic E-state index is 10.6. The summed E-state index contributed by atoms with van der Waals surface area (Å²) < 4.78 is 36.2. The van der Waals surface area contributed by atoms with Crippen LogP contribution in [-0.2, 0) is 23.8 Å². The van der Waals surface area contributed by atoms with Gasteiger partial charge in [-0.3, -0.25) is 4.18 Å². The molecule has 1 fully saturated rings. The minimum absolute atomic E-state index is 0.131. The van der Waals surface area contributed by atoms with Crippen molar-refractivity contribution < 1.29 is 22.1 Å². The average Bonchev–Trinajstić information content (AvgIpc) is 2.23. The molecule has 16 heavy (non-hydrogen) atoms. The lowest BCUT2D eigenvalue weighted by molar-refractivity contribution is -0.154. The fourth-order valence-electron chi connectivity index (χ4n) is 1.22. The molecule has 92 valence electrons. The molecule has 0 radical (unpaired) electrons. The Balaban J connectivity index is 2.08. The highest BCUT2D eigenvalue weighted by Gasteiger charge is 2.12. The van der Waals surface area contributed by atoms with Crippen molar-refractivity contribution >= 4 is 10.1 Å². The molecule has 1 heterocycles. The molecule has 0 N–H and O–H groups in total. The molecule has 0 aliphatic carbocycles. The zero-order valence-electron chi connectivity index (χ0n) is 9.27. The third-order valence-electron chi connectivity index (χ3n) is 1.95. The van der Waals surface area contributed by atoms with Crippen molar-refractivity contribution in [2.75, 3.05) is 26.1 Å². The van der Waals surface area contributed by atoms with Gasteiger partial charge in [-0.05, 0) is 19.3 Å². The van der Waals surface area contributed by atoms with E-state index in [4.69, 9.17) is 9.47 Å². The summed E-state index contributed by atoms with van der Waals surface area (Å²) in [5, 5.41) is 0. The van der Waals surface area contributed by atoms with E-state index in [1.54, 1.807) is 0 Å². The van der Waals surface area contributed by atoms with Crippen LogP contribution in [0.2, 0.25) is 0 Å². The van der Waals surface area contributed by atoms with E-state index in [0.717, 1.165) is 32.1 Å². The highest BCUT2D eigenvalue weighted by Crippen LogP contribution is 2.12. The van der Waals surface area contributed by atoms with Gasteiger partial charge in [0, 0.05) is 6.61 Å². The second-order valence-electron chi connectivity index (χ2n) is 3.43.